The van der Waals surface area contributed by atoms with E-state index in [1.165, 1.54) is 0 Å². The molecule has 1 aromatic carbocycles. The van der Waals surface area contributed by atoms with Gasteiger partial charge >= 0.3 is 5.97 Å². The van der Waals surface area contributed by atoms with Crippen molar-refractivity contribution >= 4 is 5.97 Å². The third-order valence-corrected chi connectivity index (χ3v) is 2.71. The Balaban J connectivity index is 2.54. The molecule has 0 atom stereocenters. The van der Waals surface area contributed by atoms with Crippen LogP contribution in [0.1, 0.15) is 41.5 Å². The first kappa shape index (κ1) is 12.2. The van der Waals surface area contributed by atoms with Crippen LogP contribution in [0.25, 0.3) is 5.69 Å². The zero-order valence-electron chi connectivity index (χ0n) is 10.5. The number of tetrazole rings is 1. The molecule has 0 amide bonds. The Kier molecular flexibility index (Phi) is 3.10. The summed E-state index contributed by atoms with van der Waals surface area (Å²) >= 11 is 0. The topological polar surface area (TPSA) is 80.9 Å². The second kappa shape index (κ2) is 4.56. The van der Waals surface area contributed by atoms with E-state index in [4.69, 9.17) is 5.11 Å². The molecule has 6 heteroatoms. The van der Waals surface area contributed by atoms with Crippen LogP contribution in [0, 0.1) is 6.92 Å². The maximum Gasteiger partial charge on any atom is 0.336 e. The Morgan fingerprint density at radius 1 is 1.39 bits per heavy atom. The predicted octanol–water partition coefficient (Wildman–Crippen LogP) is 1.79. The maximum atomic E-state index is 11.1. The molecule has 0 aliphatic carbocycles. The average Bonchev–Trinajstić information content (AvgIpc) is 2.78. The van der Waals surface area contributed by atoms with Crippen molar-refractivity contribution in [3.05, 3.63) is 35.2 Å². The zero-order chi connectivity index (χ0) is 13.3. The summed E-state index contributed by atoms with van der Waals surface area (Å²) in [6.45, 7) is 5.72. The molecular formula is C12H14N4O2. The molecule has 6 nitrogen and oxygen atoms in total. The highest BCUT2D eigenvalue weighted by atomic mass is 16.4. The summed E-state index contributed by atoms with van der Waals surface area (Å²) < 4.78 is 1.57. The lowest BCUT2D eigenvalue weighted by atomic mass is 10.1. The maximum absolute atomic E-state index is 11.1. The van der Waals surface area contributed by atoms with E-state index in [2.05, 4.69) is 15.5 Å². The summed E-state index contributed by atoms with van der Waals surface area (Å²) in [7, 11) is 0. The van der Waals surface area contributed by atoms with E-state index in [0.29, 0.717) is 17.1 Å². The summed E-state index contributed by atoms with van der Waals surface area (Å²) in [6, 6.07) is 5.15. The second-order valence-corrected chi connectivity index (χ2v) is 4.41. The molecule has 1 heterocycles. The second-order valence-electron chi connectivity index (χ2n) is 4.41. The van der Waals surface area contributed by atoms with Crippen molar-refractivity contribution in [2.24, 2.45) is 0 Å². The summed E-state index contributed by atoms with van der Waals surface area (Å²) in [5.74, 6) is -0.0849. The Bertz CT molecular complexity index is 590. The van der Waals surface area contributed by atoms with Crippen LogP contribution >= 0.6 is 0 Å². The van der Waals surface area contributed by atoms with Crippen LogP contribution in [0.15, 0.2) is 18.2 Å². The zero-order valence-corrected chi connectivity index (χ0v) is 10.5. The van der Waals surface area contributed by atoms with Gasteiger partial charge in [-0.25, -0.2) is 4.79 Å². The number of nitrogens with zero attached hydrogens (tertiary/aromatic N) is 4. The fourth-order valence-electron chi connectivity index (χ4n) is 1.71. The van der Waals surface area contributed by atoms with Crippen molar-refractivity contribution in [2.45, 2.75) is 26.7 Å². The highest BCUT2D eigenvalue weighted by Crippen LogP contribution is 2.18. The van der Waals surface area contributed by atoms with Gasteiger partial charge in [0.2, 0.25) is 0 Å². The van der Waals surface area contributed by atoms with Crippen molar-refractivity contribution in [2.75, 3.05) is 0 Å². The molecule has 0 saturated carbocycles. The smallest absolute Gasteiger partial charge is 0.336 e. The highest BCUT2D eigenvalue weighted by molar-refractivity contribution is 5.90. The van der Waals surface area contributed by atoms with E-state index in [1.807, 2.05) is 19.9 Å². The predicted molar refractivity (Wildman–Crippen MR) is 64.9 cm³/mol. The molecule has 0 aliphatic rings. The van der Waals surface area contributed by atoms with Crippen LogP contribution in [-0.4, -0.2) is 31.3 Å². The van der Waals surface area contributed by atoms with Crippen LogP contribution in [-0.2, 0) is 0 Å². The SMILES string of the molecule is Cc1ccc(-n2nnnc2C(C)C)cc1C(=O)O. The van der Waals surface area contributed by atoms with Crippen LogP contribution in [0.4, 0.5) is 0 Å². The number of aromatic carboxylic acids is 1. The van der Waals surface area contributed by atoms with Crippen molar-refractivity contribution in [1.82, 2.24) is 20.2 Å². The highest BCUT2D eigenvalue weighted by Gasteiger charge is 2.14. The van der Waals surface area contributed by atoms with E-state index in [9.17, 15) is 4.79 Å². The first-order valence-corrected chi connectivity index (χ1v) is 5.63. The van der Waals surface area contributed by atoms with Gasteiger partial charge in [0.05, 0.1) is 11.3 Å². The largest absolute Gasteiger partial charge is 0.478 e. The number of carbonyl (C=O) groups is 1. The van der Waals surface area contributed by atoms with Crippen molar-refractivity contribution in [1.29, 1.82) is 0 Å². The fourth-order valence-corrected chi connectivity index (χ4v) is 1.71. The molecule has 2 rings (SSSR count). The van der Waals surface area contributed by atoms with Gasteiger partial charge in [0.15, 0.2) is 5.82 Å². The molecule has 1 aromatic heterocycles. The molecular weight excluding hydrogens is 232 g/mol. The van der Waals surface area contributed by atoms with Gasteiger partial charge in [-0.2, -0.15) is 4.68 Å². The quantitative estimate of drug-likeness (QED) is 0.892. The van der Waals surface area contributed by atoms with E-state index in [-0.39, 0.29) is 11.5 Å². The first-order valence-electron chi connectivity index (χ1n) is 5.63. The number of hydrogen-bond donors (Lipinski definition) is 1. The minimum Gasteiger partial charge on any atom is -0.478 e. The van der Waals surface area contributed by atoms with E-state index < -0.39 is 5.97 Å². The molecule has 0 saturated heterocycles. The normalized spacial score (nSPS) is 10.9. The number of carboxylic acid groups (broad SMARTS) is 1. The molecule has 0 bridgehead atoms. The Labute approximate surface area is 104 Å². The third-order valence-electron chi connectivity index (χ3n) is 2.71. The van der Waals surface area contributed by atoms with E-state index >= 15 is 0 Å². The minimum absolute atomic E-state index is 0.162. The molecule has 18 heavy (non-hydrogen) atoms. The molecule has 0 radical (unpaired) electrons. The number of hydrogen-bond acceptors (Lipinski definition) is 4. The lowest BCUT2D eigenvalue weighted by Gasteiger charge is -2.08. The number of carboxylic acids is 1. The van der Waals surface area contributed by atoms with E-state index in [0.717, 1.165) is 0 Å². The first-order chi connectivity index (χ1) is 8.50. The summed E-state index contributed by atoms with van der Waals surface area (Å²) in [4.78, 5) is 11.1. The molecule has 0 aliphatic heterocycles. The van der Waals surface area contributed by atoms with Gasteiger partial charge in [-0.3, -0.25) is 0 Å². The van der Waals surface area contributed by atoms with Gasteiger partial charge in [0, 0.05) is 5.92 Å². The summed E-state index contributed by atoms with van der Waals surface area (Å²) in [5, 5.41) is 20.6. The number of benzene rings is 1. The Morgan fingerprint density at radius 2 is 2.11 bits per heavy atom. The van der Waals surface area contributed by atoms with Crippen LogP contribution in [0.2, 0.25) is 0 Å². The summed E-state index contributed by atoms with van der Waals surface area (Å²) in [6.07, 6.45) is 0. The molecule has 1 N–H and O–H groups in total. The van der Waals surface area contributed by atoms with Gasteiger partial charge in [-0.05, 0) is 35.0 Å². The monoisotopic (exact) mass is 246 g/mol. The average molecular weight is 246 g/mol. The number of aromatic nitrogens is 4. The Hall–Kier alpha value is -2.24. The lowest BCUT2D eigenvalue weighted by molar-refractivity contribution is 0.0696. The summed E-state index contributed by atoms with van der Waals surface area (Å²) in [5.41, 5.74) is 1.63. The molecule has 94 valence electrons. The van der Waals surface area contributed by atoms with Crippen LogP contribution < -0.4 is 0 Å². The molecule has 0 fully saturated rings. The van der Waals surface area contributed by atoms with Gasteiger partial charge < -0.3 is 5.11 Å². The van der Waals surface area contributed by atoms with Gasteiger partial charge in [-0.15, -0.1) is 5.10 Å². The van der Waals surface area contributed by atoms with Gasteiger partial charge in [0.25, 0.3) is 0 Å². The Morgan fingerprint density at radius 3 is 2.72 bits per heavy atom. The number of rotatable bonds is 3. The molecule has 0 unspecified atom stereocenters. The van der Waals surface area contributed by atoms with Crippen molar-refractivity contribution in [3.8, 4) is 5.69 Å². The number of aryl methyl sites for hydroxylation is 1. The van der Waals surface area contributed by atoms with Gasteiger partial charge in [-0.1, -0.05) is 19.9 Å². The lowest BCUT2D eigenvalue weighted by Crippen LogP contribution is -2.07. The van der Waals surface area contributed by atoms with Crippen molar-refractivity contribution < 1.29 is 9.90 Å². The van der Waals surface area contributed by atoms with Gasteiger partial charge in [0.1, 0.15) is 0 Å². The molecule has 0 spiro atoms. The molecule has 2 aromatic rings. The van der Waals surface area contributed by atoms with Crippen LogP contribution in [0.5, 0.6) is 0 Å². The van der Waals surface area contributed by atoms with Crippen molar-refractivity contribution in [3.63, 3.8) is 0 Å². The minimum atomic E-state index is -0.950. The van der Waals surface area contributed by atoms with Crippen LogP contribution in [0.3, 0.4) is 0 Å². The third kappa shape index (κ3) is 2.09. The van der Waals surface area contributed by atoms with E-state index in [1.54, 1.807) is 23.7 Å². The fraction of sp³-hybridized carbons (Fsp3) is 0.333. The standard InChI is InChI=1S/C12H14N4O2/c1-7(2)11-13-14-15-16(11)9-5-4-8(3)10(6-9)12(17)18/h4-7H,1-3H3,(H,17,18).